The summed E-state index contributed by atoms with van der Waals surface area (Å²) in [5.74, 6) is -0.310. The van der Waals surface area contributed by atoms with E-state index in [2.05, 4.69) is 4.72 Å². The summed E-state index contributed by atoms with van der Waals surface area (Å²) in [6.07, 6.45) is 1.28. The molecule has 0 atom stereocenters. The number of nitrogens with zero attached hydrogens (tertiary/aromatic N) is 1. The van der Waals surface area contributed by atoms with Crippen molar-refractivity contribution in [3.8, 4) is 0 Å². The minimum absolute atomic E-state index is 0.0865. The van der Waals surface area contributed by atoms with Crippen molar-refractivity contribution in [2.75, 3.05) is 5.73 Å². The molecular formula is C15H14N4O4S. The minimum atomic E-state index is -3.90. The molecule has 8 nitrogen and oxygen atoms in total. The highest BCUT2D eigenvalue weighted by atomic mass is 32.2. The second-order valence-corrected chi connectivity index (χ2v) is 6.37. The van der Waals surface area contributed by atoms with Gasteiger partial charge in [-0.1, -0.05) is 12.1 Å². The zero-order valence-corrected chi connectivity index (χ0v) is 13.2. The first-order valence-electron chi connectivity index (χ1n) is 6.67. The van der Waals surface area contributed by atoms with E-state index in [1.165, 1.54) is 36.4 Å². The van der Waals surface area contributed by atoms with Crippen LogP contribution in [0.3, 0.4) is 0 Å². The number of rotatable bonds is 5. The quantitative estimate of drug-likeness (QED) is 0.250. The molecule has 0 bridgehead atoms. The van der Waals surface area contributed by atoms with Gasteiger partial charge < -0.3 is 5.73 Å². The lowest BCUT2D eigenvalue weighted by Gasteiger charge is -2.06. The van der Waals surface area contributed by atoms with Gasteiger partial charge in [0.25, 0.3) is 15.7 Å². The standard InChI is InChI=1S/C15H14N4O4S/c16-13-3-1-2-12(10-13)15(17)18-24(22,23)9-8-11-4-6-14(7-5-11)19(20)21/h1-10H,16H2,(H2,17,18). The summed E-state index contributed by atoms with van der Waals surface area (Å²) in [6.45, 7) is 0. The number of anilines is 1. The third kappa shape index (κ3) is 4.65. The van der Waals surface area contributed by atoms with Crippen molar-refractivity contribution in [3.63, 3.8) is 0 Å². The Morgan fingerprint density at radius 1 is 1.21 bits per heavy atom. The van der Waals surface area contributed by atoms with Gasteiger partial charge >= 0.3 is 0 Å². The molecule has 2 aromatic rings. The van der Waals surface area contributed by atoms with Crippen molar-refractivity contribution < 1.29 is 13.3 Å². The lowest BCUT2D eigenvalue weighted by atomic mass is 10.2. The number of nitrogens with two attached hydrogens (primary N) is 1. The Labute approximate surface area is 138 Å². The van der Waals surface area contributed by atoms with Crippen molar-refractivity contribution in [2.24, 2.45) is 0 Å². The molecule has 0 spiro atoms. The third-order valence-electron chi connectivity index (χ3n) is 2.96. The van der Waals surface area contributed by atoms with E-state index >= 15 is 0 Å². The number of hydrogen-bond acceptors (Lipinski definition) is 6. The number of nitrogens with one attached hydrogen (secondary N) is 2. The highest BCUT2D eigenvalue weighted by molar-refractivity contribution is 7.93. The fraction of sp³-hybridized carbons (Fsp3) is 0. The monoisotopic (exact) mass is 346 g/mol. The maximum absolute atomic E-state index is 12.0. The largest absolute Gasteiger partial charge is 0.399 e. The molecule has 0 aromatic heterocycles. The molecule has 124 valence electrons. The summed E-state index contributed by atoms with van der Waals surface area (Å²) in [6, 6.07) is 11.7. The maximum atomic E-state index is 12.0. The van der Waals surface area contributed by atoms with Crippen LogP contribution < -0.4 is 10.5 Å². The van der Waals surface area contributed by atoms with Crippen LogP contribution in [0.5, 0.6) is 0 Å². The number of hydrogen-bond donors (Lipinski definition) is 3. The van der Waals surface area contributed by atoms with E-state index in [9.17, 15) is 18.5 Å². The van der Waals surface area contributed by atoms with Gasteiger partial charge in [-0.3, -0.25) is 20.2 Å². The Morgan fingerprint density at radius 3 is 2.46 bits per heavy atom. The van der Waals surface area contributed by atoms with Crippen LogP contribution in [0.1, 0.15) is 11.1 Å². The van der Waals surface area contributed by atoms with Crippen molar-refractivity contribution in [3.05, 3.63) is 75.2 Å². The zero-order valence-electron chi connectivity index (χ0n) is 12.3. The van der Waals surface area contributed by atoms with Crippen LogP contribution in [0.25, 0.3) is 6.08 Å². The average Bonchev–Trinajstić information content (AvgIpc) is 2.53. The van der Waals surface area contributed by atoms with Crippen LogP contribution in [0.2, 0.25) is 0 Å². The molecule has 2 rings (SSSR count). The fourth-order valence-corrected chi connectivity index (χ4v) is 2.61. The number of amidine groups is 1. The van der Waals surface area contributed by atoms with Crippen LogP contribution in [0, 0.1) is 15.5 Å². The molecular weight excluding hydrogens is 332 g/mol. The van der Waals surface area contributed by atoms with Crippen LogP contribution in [-0.4, -0.2) is 19.2 Å². The predicted molar refractivity (Wildman–Crippen MR) is 91.9 cm³/mol. The van der Waals surface area contributed by atoms with Gasteiger partial charge in [-0.05, 0) is 35.9 Å². The lowest BCUT2D eigenvalue weighted by Crippen LogP contribution is -2.28. The van der Waals surface area contributed by atoms with E-state index in [4.69, 9.17) is 11.1 Å². The van der Waals surface area contributed by atoms with Crippen LogP contribution in [0.4, 0.5) is 11.4 Å². The molecule has 0 saturated carbocycles. The summed E-state index contributed by atoms with van der Waals surface area (Å²) < 4.78 is 26.0. The van der Waals surface area contributed by atoms with E-state index in [1.807, 2.05) is 0 Å². The average molecular weight is 346 g/mol. The summed E-state index contributed by atoms with van der Waals surface area (Å²) in [5.41, 5.74) is 6.73. The van der Waals surface area contributed by atoms with Crippen LogP contribution in [0.15, 0.2) is 53.9 Å². The van der Waals surface area contributed by atoms with E-state index in [0.717, 1.165) is 5.41 Å². The molecule has 0 aliphatic carbocycles. The van der Waals surface area contributed by atoms with E-state index in [0.29, 0.717) is 16.8 Å². The summed E-state index contributed by atoms with van der Waals surface area (Å²) in [4.78, 5) is 10.0. The van der Waals surface area contributed by atoms with Crippen LogP contribution in [-0.2, 0) is 10.0 Å². The summed E-state index contributed by atoms with van der Waals surface area (Å²) >= 11 is 0. The van der Waals surface area contributed by atoms with Crippen molar-refractivity contribution in [2.45, 2.75) is 0 Å². The topological polar surface area (TPSA) is 139 Å². The Hall–Kier alpha value is -3.20. The molecule has 0 unspecified atom stereocenters. The van der Waals surface area contributed by atoms with E-state index in [1.54, 1.807) is 18.2 Å². The van der Waals surface area contributed by atoms with Crippen LogP contribution >= 0.6 is 0 Å². The molecule has 24 heavy (non-hydrogen) atoms. The van der Waals surface area contributed by atoms with Gasteiger partial charge in [0, 0.05) is 23.4 Å². The van der Waals surface area contributed by atoms with E-state index < -0.39 is 14.9 Å². The number of benzene rings is 2. The van der Waals surface area contributed by atoms with Gasteiger partial charge in [-0.2, -0.15) is 0 Å². The number of nitro benzene ring substituents is 1. The minimum Gasteiger partial charge on any atom is -0.399 e. The predicted octanol–water partition coefficient (Wildman–Crippen LogP) is 2.09. The van der Waals surface area contributed by atoms with Crippen molar-refractivity contribution in [1.82, 2.24) is 4.72 Å². The first kappa shape index (κ1) is 17.2. The Kier molecular flexibility index (Phi) is 4.95. The smallest absolute Gasteiger partial charge is 0.269 e. The second kappa shape index (κ2) is 6.92. The molecule has 0 amide bonds. The highest BCUT2D eigenvalue weighted by Crippen LogP contribution is 2.13. The molecule has 0 heterocycles. The Bertz CT molecular complexity index is 905. The second-order valence-electron chi connectivity index (χ2n) is 4.80. The molecule has 9 heteroatoms. The molecule has 0 aliphatic rings. The number of sulfonamides is 1. The first-order chi connectivity index (χ1) is 11.3. The summed E-state index contributed by atoms with van der Waals surface area (Å²) in [7, 11) is -3.90. The first-order valence-corrected chi connectivity index (χ1v) is 8.21. The van der Waals surface area contributed by atoms with Gasteiger partial charge in [0.15, 0.2) is 0 Å². The molecule has 0 aliphatic heterocycles. The number of nitro groups is 1. The van der Waals surface area contributed by atoms with Gasteiger partial charge in [-0.15, -0.1) is 0 Å². The third-order valence-corrected chi connectivity index (χ3v) is 3.95. The summed E-state index contributed by atoms with van der Waals surface area (Å²) in [5, 5.41) is 19.2. The normalized spacial score (nSPS) is 11.3. The van der Waals surface area contributed by atoms with Crippen molar-refractivity contribution >= 4 is 33.3 Å². The maximum Gasteiger partial charge on any atom is 0.269 e. The van der Waals surface area contributed by atoms with Gasteiger partial charge in [0.05, 0.1) is 10.3 Å². The number of non-ortho nitro benzene ring substituents is 1. The van der Waals surface area contributed by atoms with Crippen molar-refractivity contribution in [1.29, 1.82) is 5.41 Å². The highest BCUT2D eigenvalue weighted by Gasteiger charge is 2.10. The SMILES string of the molecule is N=C(NS(=O)(=O)C=Cc1ccc([N+](=O)[O-])cc1)c1cccc(N)c1. The Morgan fingerprint density at radius 2 is 1.88 bits per heavy atom. The molecule has 2 aromatic carbocycles. The van der Waals surface area contributed by atoms with Gasteiger partial charge in [0.2, 0.25) is 0 Å². The Balaban J connectivity index is 2.10. The molecule has 0 saturated heterocycles. The zero-order chi connectivity index (χ0) is 17.7. The molecule has 0 fully saturated rings. The molecule has 4 N–H and O–H groups in total. The fourth-order valence-electron chi connectivity index (χ4n) is 1.80. The van der Waals surface area contributed by atoms with Gasteiger partial charge in [0.1, 0.15) is 5.84 Å². The molecule has 0 radical (unpaired) electrons. The lowest BCUT2D eigenvalue weighted by molar-refractivity contribution is -0.384. The number of nitrogen functional groups attached to an aromatic ring is 1. The van der Waals surface area contributed by atoms with E-state index in [-0.39, 0.29) is 11.5 Å². The van der Waals surface area contributed by atoms with Gasteiger partial charge in [-0.25, -0.2) is 8.42 Å².